The number of rotatable bonds is 3. The van der Waals surface area contributed by atoms with Gasteiger partial charge in [-0.05, 0) is 60.2 Å². The van der Waals surface area contributed by atoms with Crippen LogP contribution in [0.3, 0.4) is 0 Å². The Morgan fingerprint density at radius 1 is 1.11 bits per heavy atom. The van der Waals surface area contributed by atoms with Gasteiger partial charge in [-0.25, -0.2) is 4.39 Å². The van der Waals surface area contributed by atoms with Gasteiger partial charge in [-0.15, -0.1) is 0 Å². The van der Waals surface area contributed by atoms with Crippen LogP contribution in [-0.4, -0.2) is 28.2 Å². The van der Waals surface area contributed by atoms with Crippen molar-refractivity contribution in [2.24, 2.45) is 0 Å². The topological polar surface area (TPSA) is 29.4 Å². The van der Waals surface area contributed by atoms with E-state index in [1.165, 1.54) is 17.8 Å². The van der Waals surface area contributed by atoms with E-state index in [0.717, 1.165) is 24.4 Å². The molecule has 2 heterocycles. The summed E-state index contributed by atoms with van der Waals surface area (Å²) < 4.78 is 21.0. The zero-order chi connectivity index (χ0) is 18.8. The molecule has 2 aromatic carbocycles. The maximum atomic E-state index is 13.5. The van der Waals surface area contributed by atoms with Crippen LogP contribution < -0.4 is 10.1 Å². The Morgan fingerprint density at radius 2 is 1.93 bits per heavy atom. The van der Waals surface area contributed by atoms with Crippen LogP contribution in [0.4, 0.5) is 10.1 Å². The summed E-state index contributed by atoms with van der Waals surface area (Å²) in [6, 6.07) is 18.5. The Labute approximate surface area is 163 Å². The molecule has 0 unspecified atom stereocenters. The molecular formula is C21H20FN3OS. The van der Waals surface area contributed by atoms with Gasteiger partial charge in [-0.2, -0.15) is 0 Å². The average Bonchev–Trinajstić information content (AvgIpc) is 3.16. The minimum Gasteiger partial charge on any atom is -0.497 e. The zero-order valence-corrected chi connectivity index (χ0v) is 15.7. The van der Waals surface area contributed by atoms with Gasteiger partial charge in [-0.1, -0.05) is 18.2 Å². The largest absolute Gasteiger partial charge is 0.497 e. The Hall–Kier alpha value is -2.86. The molecular weight excluding hydrogens is 361 g/mol. The SMILES string of the molecule is COc1ccc([C@@H]2c3cccn3CCN2C(=S)Nc2cccc(F)c2)cc1. The molecule has 138 valence electrons. The predicted molar refractivity (Wildman–Crippen MR) is 109 cm³/mol. The summed E-state index contributed by atoms with van der Waals surface area (Å²) in [5.41, 5.74) is 2.95. The van der Waals surface area contributed by atoms with Gasteiger partial charge in [0.2, 0.25) is 0 Å². The Balaban J connectivity index is 1.66. The first kappa shape index (κ1) is 17.5. The van der Waals surface area contributed by atoms with Crippen LogP contribution >= 0.6 is 12.2 Å². The third-order valence-electron chi connectivity index (χ3n) is 4.81. The molecule has 0 spiro atoms. The molecule has 0 aliphatic carbocycles. The van der Waals surface area contributed by atoms with Gasteiger partial charge in [0.1, 0.15) is 11.6 Å². The Bertz CT molecular complexity index is 954. The van der Waals surface area contributed by atoms with Gasteiger partial charge < -0.3 is 19.5 Å². The van der Waals surface area contributed by atoms with Crippen molar-refractivity contribution in [1.82, 2.24) is 9.47 Å². The highest BCUT2D eigenvalue weighted by Crippen LogP contribution is 2.33. The third-order valence-corrected chi connectivity index (χ3v) is 5.14. The molecule has 1 N–H and O–H groups in total. The quantitative estimate of drug-likeness (QED) is 0.680. The minimum absolute atomic E-state index is 0.0202. The number of anilines is 1. The maximum Gasteiger partial charge on any atom is 0.174 e. The minimum atomic E-state index is -0.290. The molecule has 1 atom stereocenters. The lowest BCUT2D eigenvalue weighted by atomic mass is 10.00. The van der Waals surface area contributed by atoms with Gasteiger partial charge in [0.25, 0.3) is 0 Å². The Morgan fingerprint density at radius 3 is 2.67 bits per heavy atom. The molecule has 0 amide bonds. The second-order valence-electron chi connectivity index (χ2n) is 6.44. The van der Waals surface area contributed by atoms with Crippen molar-refractivity contribution < 1.29 is 9.13 Å². The van der Waals surface area contributed by atoms with Gasteiger partial charge >= 0.3 is 0 Å². The van der Waals surface area contributed by atoms with E-state index >= 15 is 0 Å². The molecule has 1 aliphatic heterocycles. The number of aromatic nitrogens is 1. The van der Waals surface area contributed by atoms with Crippen molar-refractivity contribution in [2.45, 2.75) is 12.6 Å². The number of thiocarbonyl (C=S) groups is 1. The van der Waals surface area contributed by atoms with Crippen LogP contribution in [-0.2, 0) is 6.54 Å². The Kier molecular flexibility index (Phi) is 4.81. The predicted octanol–water partition coefficient (Wildman–Crippen LogP) is 4.44. The van der Waals surface area contributed by atoms with E-state index in [4.69, 9.17) is 17.0 Å². The molecule has 0 saturated heterocycles. The molecule has 27 heavy (non-hydrogen) atoms. The molecule has 1 aromatic heterocycles. The summed E-state index contributed by atoms with van der Waals surface area (Å²) in [6.45, 7) is 1.61. The van der Waals surface area contributed by atoms with E-state index in [-0.39, 0.29) is 11.9 Å². The lowest BCUT2D eigenvalue weighted by Gasteiger charge is -2.39. The first-order valence-electron chi connectivity index (χ1n) is 8.78. The van der Waals surface area contributed by atoms with Crippen LogP contribution in [0.15, 0.2) is 66.9 Å². The fourth-order valence-electron chi connectivity index (χ4n) is 3.50. The highest BCUT2D eigenvalue weighted by atomic mass is 32.1. The number of methoxy groups -OCH3 is 1. The smallest absolute Gasteiger partial charge is 0.174 e. The summed E-state index contributed by atoms with van der Waals surface area (Å²) in [6.07, 6.45) is 2.09. The molecule has 4 nitrogen and oxygen atoms in total. The monoisotopic (exact) mass is 381 g/mol. The highest BCUT2D eigenvalue weighted by Gasteiger charge is 2.30. The third kappa shape index (κ3) is 3.53. The van der Waals surface area contributed by atoms with Crippen molar-refractivity contribution in [2.75, 3.05) is 19.0 Å². The molecule has 0 saturated carbocycles. The first-order chi connectivity index (χ1) is 13.2. The summed E-state index contributed by atoms with van der Waals surface area (Å²) in [4.78, 5) is 2.15. The molecule has 0 fully saturated rings. The zero-order valence-electron chi connectivity index (χ0n) is 14.9. The second kappa shape index (κ2) is 7.40. The summed E-state index contributed by atoms with van der Waals surface area (Å²) in [5.74, 6) is 0.527. The van der Waals surface area contributed by atoms with E-state index in [0.29, 0.717) is 10.8 Å². The van der Waals surface area contributed by atoms with Gasteiger partial charge in [-0.3, -0.25) is 0 Å². The molecule has 6 heteroatoms. The summed E-state index contributed by atoms with van der Waals surface area (Å²) in [7, 11) is 1.66. The molecule has 3 aromatic rings. The second-order valence-corrected chi connectivity index (χ2v) is 6.82. The van der Waals surface area contributed by atoms with Crippen molar-refractivity contribution in [3.05, 3.63) is 83.9 Å². The van der Waals surface area contributed by atoms with E-state index in [9.17, 15) is 4.39 Å². The molecule has 0 radical (unpaired) electrons. The summed E-state index contributed by atoms with van der Waals surface area (Å²) in [5, 5.41) is 3.76. The normalized spacial score (nSPS) is 15.9. The van der Waals surface area contributed by atoms with Crippen LogP contribution in [0, 0.1) is 5.82 Å². The van der Waals surface area contributed by atoms with E-state index < -0.39 is 0 Å². The average molecular weight is 381 g/mol. The lowest BCUT2D eigenvalue weighted by molar-refractivity contribution is 0.293. The highest BCUT2D eigenvalue weighted by molar-refractivity contribution is 7.80. The molecule has 1 aliphatic rings. The van der Waals surface area contributed by atoms with Crippen molar-refractivity contribution in [3.8, 4) is 5.75 Å². The standard InChI is InChI=1S/C21H20FN3OS/c1-26-18-9-7-15(8-10-18)20-19-6-3-11-24(19)12-13-25(20)21(27)23-17-5-2-4-16(22)14-17/h2-11,14,20H,12-13H2,1H3,(H,23,27)/t20-/m1/s1. The van der Waals surface area contributed by atoms with E-state index in [2.05, 4.69) is 45.2 Å². The molecule has 0 bridgehead atoms. The number of hydrogen-bond donors (Lipinski definition) is 1. The van der Waals surface area contributed by atoms with Crippen LogP contribution in [0.1, 0.15) is 17.3 Å². The first-order valence-corrected chi connectivity index (χ1v) is 9.19. The van der Waals surface area contributed by atoms with Gasteiger partial charge in [0.15, 0.2) is 5.11 Å². The number of ether oxygens (including phenoxy) is 1. The number of hydrogen-bond acceptors (Lipinski definition) is 2. The fourth-order valence-corrected chi connectivity index (χ4v) is 3.82. The van der Waals surface area contributed by atoms with Gasteiger partial charge in [0.05, 0.1) is 13.2 Å². The summed E-state index contributed by atoms with van der Waals surface area (Å²) >= 11 is 5.69. The number of benzene rings is 2. The van der Waals surface area contributed by atoms with Crippen molar-refractivity contribution >= 4 is 23.0 Å². The van der Waals surface area contributed by atoms with Crippen molar-refractivity contribution in [3.63, 3.8) is 0 Å². The van der Waals surface area contributed by atoms with E-state index in [1.807, 2.05) is 18.2 Å². The number of nitrogens with zero attached hydrogens (tertiary/aromatic N) is 2. The van der Waals surface area contributed by atoms with Gasteiger partial charge in [0, 0.05) is 30.7 Å². The van der Waals surface area contributed by atoms with Crippen LogP contribution in [0.2, 0.25) is 0 Å². The number of fused-ring (bicyclic) bond motifs is 1. The van der Waals surface area contributed by atoms with Crippen molar-refractivity contribution in [1.29, 1.82) is 0 Å². The fraction of sp³-hybridized carbons (Fsp3) is 0.190. The lowest BCUT2D eigenvalue weighted by Crippen LogP contribution is -2.44. The van der Waals surface area contributed by atoms with Crippen LogP contribution in [0.25, 0.3) is 0 Å². The van der Waals surface area contributed by atoms with Crippen LogP contribution in [0.5, 0.6) is 5.75 Å². The number of halogens is 1. The maximum absolute atomic E-state index is 13.5. The number of nitrogens with one attached hydrogen (secondary N) is 1. The molecule has 4 rings (SSSR count). The van der Waals surface area contributed by atoms with E-state index in [1.54, 1.807) is 13.2 Å².